The van der Waals surface area contributed by atoms with E-state index >= 15 is 0 Å². The molecule has 3 aromatic rings. The van der Waals surface area contributed by atoms with E-state index in [0.29, 0.717) is 19.3 Å². The highest BCUT2D eigenvalue weighted by Gasteiger charge is 2.27. The number of amides is 2. The predicted molar refractivity (Wildman–Crippen MR) is 169 cm³/mol. The summed E-state index contributed by atoms with van der Waals surface area (Å²) < 4.78 is 5.99. The molecule has 7 heteroatoms. The number of aliphatic hydroxyl groups is 1. The van der Waals surface area contributed by atoms with E-state index in [0.717, 1.165) is 16.7 Å². The number of hydrogen-bond donors (Lipinski definition) is 3. The highest BCUT2D eigenvalue weighted by molar-refractivity contribution is 5.86. The molecule has 4 atom stereocenters. The van der Waals surface area contributed by atoms with Crippen molar-refractivity contribution in [1.29, 1.82) is 0 Å². The summed E-state index contributed by atoms with van der Waals surface area (Å²) in [6.07, 6.45) is 4.25. The first-order valence-electron chi connectivity index (χ1n) is 14.7. The SMILES string of the molecule is C=CC[C@H](CC(=O)N[C@H](CO)Cc1ccccc1)C(=O)NC[C@H](OC(=O)[C@H](CC=C)Cc1ccccc1)c1ccccc1. The third kappa shape index (κ3) is 11.4. The first kappa shape index (κ1) is 33.0. The summed E-state index contributed by atoms with van der Waals surface area (Å²) in [6, 6.07) is 28.1. The van der Waals surface area contributed by atoms with Crippen molar-refractivity contribution in [2.75, 3.05) is 13.2 Å². The van der Waals surface area contributed by atoms with E-state index in [4.69, 9.17) is 4.74 Å². The summed E-state index contributed by atoms with van der Waals surface area (Å²) in [4.78, 5) is 39.5. The van der Waals surface area contributed by atoms with Crippen LogP contribution in [0.2, 0.25) is 0 Å². The number of aliphatic hydroxyl groups excluding tert-OH is 1. The van der Waals surface area contributed by atoms with Gasteiger partial charge >= 0.3 is 5.97 Å². The van der Waals surface area contributed by atoms with E-state index in [-0.39, 0.29) is 43.8 Å². The fraction of sp³-hybridized carbons (Fsp3) is 0.306. The van der Waals surface area contributed by atoms with Crippen molar-refractivity contribution in [2.45, 2.75) is 44.2 Å². The second-order valence-electron chi connectivity index (χ2n) is 10.6. The van der Waals surface area contributed by atoms with E-state index in [9.17, 15) is 19.5 Å². The van der Waals surface area contributed by atoms with Crippen LogP contribution in [0.25, 0.3) is 0 Å². The van der Waals surface area contributed by atoms with Crippen LogP contribution < -0.4 is 10.6 Å². The Morgan fingerprint density at radius 1 is 0.767 bits per heavy atom. The molecule has 0 aliphatic rings. The second kappa shape index (κ2) is 18.1. The Bertz CT molecular complexity index is 1300. The molecule has 3 N–H and O–H groups in total. The highest BCUT2D eigenvalue weighted by Crippen LogP contribution is 2.22. The summed E-state index contributed by atoms with van der Waals surface area (Å²) in [7, 11) is 0. The van der Waals surface area contributed by atoms with Crippen LogP contribution in [-0.2, 0) is 32.0 Å². The van der Waals surface area contributed by atoms with Crippen molar-refractivity contribution >= 4 is 17.8 Å². The molecular weight excluding hydrogens is 540 g/mol. The van der Waals surface area contributed by atoms with Gasteiger partial charge in [0.2, 0.25) is 11.8 Å². The largest absolute Gasteiger partial charge is 0.455 e. The monoisotopic (exact) mass is 582 g/mol. The molecule has 0 saturated carbocycles. The molecule has 0 unspecified atom stereocenters. The number of carbonyl (C=O) groups excluding carboxylic acids is 3. The molecule has 0 aliphatic heterocycles. The minimum atomic E-state index is -0.719. The number of hydrogen-bond acceptors (Lipinski definition) is 5. The van der Waals surface area contributed by atoms with Gasteiger partial charge in [0.25, 0.3) is 0 Å². The Hall–Kier alpha value is -4.49. The average Bonchev–Trinajstić information content (AvgIpc) is 3.03. The van der Waals surface area contributed by atoms with Crippen molar-refractivity contribution in [3.05, 3.63) is 133 Å². The van der Waals surface area contributed by atoms with Gasteiger partial charge in [-0.1, -0.05) is 103 Å². The summed E-state index contributed by atoms with van der Waals surface area (Å²) in [5.41, 5.74) is 2.76. The molecule has 0 aliphatic carbocycles. The maximum absolute atomic E-state index is 13.3. The molecule has 0 saturated heterocycles. The minimum absolute atomic E-state index is 0.0449. The maximum atomic E-state index is 13.3. The zero-order chi connectivity index (χ0) is 30.9. The number of benzene rings is 3. The smallest absolute Gasteiger partial charge is 0.310 e. The number of rotatable bonds is 18. The van der Waals surface area contributed by atoms with E-state index < -0.39 is 24.0 Å². The molecule has 0 heterocycles. The molecule has 0 radical (unpaired) electrons. The number of nitrogens with one attached hydrogen (secondary N) is 2. The summed E-state index contributed by atoms with van der Waals surface area (Å²) in [5.74, 6) is -2.15. The van der Waals surface area contributed by atoms with Crippen LogP contribution in [0.4, 0.5) is 0 Å². The lowest BCUT2D eigenvalue weighted by atomic mass is 9.96. The number of carbonyl (C=O) groups is 3. The molecular formula is C36H42N2O5. The van der Waals surface area contributed by atoms with Crippen molar-refractivity contribution in [3.8, 4) is 0 Å². The first-order chi connectivity index (χ1) is 20.9. The van der Waals surface area contributed by atoms with Gasteiger partial charge in [-0.3, -0.25) is 14.4 Å². The first-order valence-corrected chi connectivity index (χ1v) is 14.7. The Kier molecular flexibility index (Phi) is 13.9. The minimum Gasteiger partial charge on any atom is -0.455 e. The van der Waals surface area contributed by atoms with Crippen LogP contribution in [0, 0.1) is 11.8 Å². The molecule has 0 bridgehead atoms. The van der Waals surface area contributed by atoms with E-state index in [1.807, 2.05) is 91.0 Å². The Morgan fingerprint density at radius 2 is 1.30 bits per heavy atom. The summed E-state index contributed by atoms with van der Waals surface area (Å²) in [5, 5.41) is 15.5. The average molecular weight is 583 g/mol. The third-order valence-corrected chi connectivity index (χ3v) is 7.17. The van der Waals surface area contributed by atoms with Gasteiger partial charge in [-0.25, -0.2) is 0 Å². The molecule has 7 nitrogen and oxygen atoms in total. The summed E-state index contributed by atoms with van der Waals surface area (Å²) >= 11 is 0. The molecule has 43 heavy (non-hydrogen) atoms. The van der Waals surface area contributed by atoms with Crippen molar-refractivity contribution in [1.82, 2.24) is 10.6 Å². The van der Waals surface area contributed by atoms with Gasteiger partial charge in [0.1, 0.15) is 6.10 Å². The number of allylic oxidation sites excluding steroid dienone is 2. The Balaban J connectivity index is 1.64. The molecule has 3 aromatic carbocycles. The predicted octanol–water partition coefficient (Wildman–Crippen LogP) is 5.12. The van der Waals surface area contributed by atoms with Gasteiger partial charge in [-0.05, 0) is 42.4 Å². The van der Waals surface area contributed by atoms with Crippen LogP contribution in [0.3, 0.4) is 0 Å². The molecule has 2 amide bonds. The molecule has 3 rings (SSSR count). The van der Waals surface area contributed by atoms with Gasteiger partial charge in [-0.2, -0.15) is 0 Å². The maximum Gasteiger partial charge on any atom is 0.310 e. The van der Waals surface area contributed by atoms with Gasteiger partial charge < -0.3 is 20.5 Å². The normalized spacial score (nSPS) is 13.5. The third-order valence-electron chi connectivity index (χ3n) is 7.17. The fourth-order valence-electron chi connectivity index (χ4n) is 4.89. The van der Waals surface area contributed by atoms with Crippen molar-refractivity contribution in [3.63, 3.8) is 0 Å². The van der Waals surface area contributed by atoms with Crippen LogP contribution in [0.1, 0.15) is 42.1 Å². The highest BCUT2D eigenvalue weighted by atomic mass is 16.5. The zero-order valence-electron chi connectivity index (χ0n) is 24.6. The van der Waals surface area contributed by atoms with Crippen LogP contribution in [0.5, 0.6) is 0 Å². The Morgan fingerprint density at radius 3 is 1.86 bits per heavy atom. The zero-order valence-corrected chi connectivity index (χ0v) is 24.6. The number of esters is 1. The van der Waals surface area contributed by atoms with Crippen LogP contribution >= 0.6 is 0 Å². The quantitative estimate of drug-likeness (QED) is 0.143. The van der Waals surface area contributed by atoms with Crippen LogP contribution in [0.15, 0.2) is 116 Å². The molecule has 0 fully saturated rings. The van der Waals surface area contributed by atoms with Gasteiger partial charge in [0.05, 0.1) is 31.0 Å². The lowest BCUT2D eigenvalue weighted by molar-refractivity contribution is -0.154. The van der Waals surface area contributed by atoms with Gasteiger partial charge in [0.15, 0.2) is 0 Å². The summed E-state index contributed by atoms with van der Waals surface area (Å²) in [6.45, 7) is 7.38. The van der Waals surface area contributed by atoms with E-state index in [2.05, 4.69) is 23.8 Å². The lowest BCUT2D eigenvalue weighted by Gasteiger charge is -2.24. The van der Waals surface area contributed by atoms with Crippen LogP contribution in [-0.4, -0.2) is 42.1 Å². The molecule has 0 aromatic heterocycles. The van der Waals surface area contributed by atoms with E-state index in [1.54, 1.807) is 12.2 Å². The molecule has 0 spiro atoms. The number of ether oxygens (including phenoxy) is 1. The standard InChI is InChI=1S/C36H42N2O5/c1-3-14-30(24-34(40)38-32(26-39)23-28-18-10-6-11-19-28)35(41)37-25-33(29-20-12-7-13-21-29)43-36(42)31(15-4-2)22-27-16-8-5-9-17-27/h3-13,16-21,30-33,39H,1-2,14-15,22-26H2,(H,37,41)(H,38,40)/t30-,31-,32+,33+/m1/s1. The topological polar surface area (TPSA) is 105 Å². The van der Waals surface area contributed by atoms with Crippen molar-refractivity contribution in [2.24, 2.45) is 11.8 Å². The van der Waals surface area contributed by atoms with Crippen molar-refractivity contribution < 1.29 is 24.2 Å². The Labute approximate surface area is 254 Å². The van der Waals surface area contributed by atoms with E-state index in [1.165, 1.54) is 0 Å². The van der Waals surface area contributed by atoms with Gasteiger partial charge in [0, 0.05) is 6.42 Å². The molecule has 226 valence electrons. The fourth-order valence-corrected chi connectivity index (χ4v) is 4.89. The lowest BCUT2D eigenvalue weighted by Crippen LogP contribution is -2.42. The second-order valence-corrected chi connectivity index (χ2v) is 10.6. The van der Waals surface area contributed by atoms with Gasteiger partial charge in [-0.15, -0.1) is 13.2 Å².